The molecule has 0 heterocycles. The molecule has 0 aromatic carbocycles. The van der Waals surface area contributed by atoms with Gasteiger partial charge >= 0.3 is 0 Å². The molecule has 0 aromatic heterocycles. The van der Waals surface area contributed by atoms with Crippen molar-refractivity contribution in [2.24, 2.45) is 34.0 Å². The molecule has 7 atom stereocenters. The Morgan fingerprint density at radius 3 is 2.67 bits per heavy atom. The van der Waals surface area contributed by atoms with Crippen molar-refractivity contribution in [1.29, 1.82) is 5.26 Å². The number of nitriles is 1. The van der Waals surface area contributed by atoms with Crippen LogP contribution in [0, 0.1) is 45.3 Å². The summed E-state index contributed by atoms with van der Waals surface area (Å²) in [7, 11) is 0. The standard InChI is InChI=1S/C24H35NO2/c1-5-16(2)27-21-7-6-19-18-9-13-24(15-25)14-17(26)8-12-23(24,4)20(18)10-11-22(19,21)3/h18-21H,2,5-14H2,1,3-4H3/t18?,19?,20?,21-,22-,23+,24+/m0/s1. The predicted octanol–water partition coefficient (Wildman–Crippen LogP) is 5.80. The van der Waals surface area contributed by atoms with Gasteiger partial charge in [0.05, 0.1) is 17.2 Å². The van der Waals surface area contributed by atoms with Gasteiger partial charge in [0.2, 0.25) is 0 Å². The third-order valence-electron chi connectivity index (χ3n) is 9.51. The smallest absolute Gasteiger partial charge is 0.134 e. The van der Waals surface area contributed by atoms with Gasteiger partial charge in [-0.3, -0.25) is 4.79 Å². The number of rotatable bonds is 3. The molecule has 27 heavy (non-hydrogen) atoms. The Kier molecular flexibility index (Phi) is 4.48. The van der Waals surface area contributed by atoms with E-state index in [0.717, 1.165) is 37.9 Å². The lowest BCUT2D eigenvalue weighted by molar-refractivity contribution is -0.157. The van der Waals surface area contributed by atoms with E-state index >= 15 is 0 Å². The third-order valence-corrected chi connectivity index (χ3v) is 9.51. The van der Waals surface area contributed by atoms with E-state index in [0.29, 0.717) is 42.5 Å². The van der Waals surface area contributed by atoms with E-state index in [-0.39, 0.29) is 10.8 Å². The molecule has 0 spiro atoms. The number of carbonyl (C=O) groups is 1. The molecule has 0 aliphatic heterocycles. The minimum Gasteiger partial charge on any atom is -0.495 e. The number of nitrogens with zero attached hydrogens (tertiary/aromatic N) is 1. The summed E-state index contributed by atoms with van der Waals surface area (Å²) < 4.78 is 6.31. The lowest BCUT2D eigenvalue weighted by Gasteiger charge is -2.62. The molecule has 0 amide bonds. The normalized spacial score (nSPS) is 48.7. The highest BCUT2D eigenvalue weighted by atomic mass is 16.5. The Hall–Kier alpha value is -1.30. The highest BCUT2D eigenvalue weighted by Crippen LogP contribution is 2.69. The topological polar surface area (TPSA) is 50.1 Å². The first kappa shape index (κ1) is 19.0. The Morgan fingerprint density at radius 2 is 1.96 bits per heavy atom. The average Bonchev–Trinajstić information content (AvgIpc) is 2.98. The van der Waals surface area contributed by atoms with Crippen molar-refractivity contribution < 1.29 is 9.53 Å². The van der Waals surface area contributed by atoms with Gasteiger partial charge in [0.25, 0.3) is 0 Å². The molecule has 0 N–H and O–H groups in total. The second-order valence-corrected chi connectivity index (χ2v) is 10.4. The van der Waals surface area contributed by atoms with Gasteiger partial charge in [0.15, 0.2) is 0 Å². The molecule has 0 bridgehead atoms. The van der Waals surface area contributed by atoms with Gasteiger partial charge in [-0.25, -0.2) is 0 Å². The molecule has 3 heteroatoms. The third kappa shape index (κ3) is 2.55. The number of carbonyl (C=O) groups excluding carboxylic acids is 1. The summed E-state index contributed by atoms with van der Waals surface area (Å²) in [5, 5.41) is 10.1. The van der Waals surface area contributed by atoms with Crippen LogP contribution < -0.4 is 0 Å². The van der Waals surface area contributed by atoms with Gasteiger partial charge in [-0.15, -0.1) is 0 Å². The van der Waals surface area contributed by atoms with Gasteiger partial charge in [0.1, 0.15) is 11.9 Å². The summed E-state index contributed by atoms with van der Waals surface area (Å²) in [5.74, 6) is 3.20. The first-order valence-corrected chi connectivity index (χ1v) is 11.1. The second kappa shape index (κ2) is 6.36. The van der Waals surface area contributed by atoms with Crippen molar-refractivity contribution >= 4 is 5.78 Å². The monoisotopic (exact) mass is 369 g/mol. The van der Waals surface area contributed by atoms with Gasteiger partial charge in [0, 0.05) is 24.7 Å². The van der Waals surface area contributed by atoms with Crippen molar-refractivity contribution in [3.05, 3.63) is 12.3 Å². The van der Waals surface area contributed by atoms with Crippen LogP contribution in [0.25, 0.3) is 0 Å². The molecule has 3 nitrogen and oxygen atoms in total. The maximum atomic E-state index is 12.2. The van der Waals surface area contributed by atoms with Crippen LogP contribution in [0.5, 0.6) is 0 Å². The Balaban J connectivity index is 1.62. The minimum absolute atomic E-state index is 0.00582. The van der Waals surface area contributed by atoms with Gasteiger partial charge in [-0.2, -0.15) is 5.26 Å². The highest BCUT2D eigenvalue weighted by molar-refractivity contribution is 5.81. The van der Waals surface area contributed by atoms with Crippen LogP contribution in [0.1, 0.15) is 85.0 Å². The maximum Gasteiger partial charge on any atom is 0.134 e. The molecule has 148 valence electrons. The van der Waals surface area contributed by atoms with E-state index in [9.17, 15) is 10.1 Å². The SMILES string of the molecule is C=C(CC)O[C@H]1CCC2C3CC[C@]4(C#N)CC(=O)CC[C@]4(C)C3CC[C@@]21C. The van der Waals surface area contributed by atoms with Crippen LogP contribution in [0.2, 0.25) is 0 Å². The van der Waals surface area contributed by atoms with E-state index in [1.165, 1.54) is 19.3 Å². The van der Waals surface area contributed by atoms with Crippen molar-refractivity contribution in [2.75, 3.05) is 0 Å². The molecule has 4 aliphatic rings. The molecule has 0 aromatic rings. The number of ketones is 1. The van der Waals surface area contributed by atoms with Crippen LogP contribution in [0.4, 0.5) is 0 Å². The molecule has 4 rings (SSSR count). The van der Waals surface area contributed by atoms with Crippen LogP contribution in [-0.2, 0) is 9.53 Å². The zero-order valence-corrected chi connectivity index (χ0v) is 17.4. The van der Waals surface area contributed by atoms with E-state index < -0.39 is 5.41 Å². The fourth-order valence-electron chi connectivity index (χ4n) is 7.73. The first-order valence-electron chi connectivity index (χ1n) is 11.1. The lowest BCUT2D eigenvalue weighted by Crippen LogP contribution is -2.58. The number of Topliss-reactive ketones (excluding diaryl/α,β-unsaturated/α-hetero) is 1. The quantitative estimate of drug-likeness (QED) is 0.591. The van der Waals surface area contributed by atoms with Crippen molar-refractivity contribution in [3.8, 4) is 6.07 Å². The zero-order valence-electron chi connectivity index (χ0n) is 17.4. The number of hydrogen-bond donors (Lipinski definition) is 0. The van der Waals surface area contributed by atoms with E-state index in [1.54, 1.807) is 0 Å². The minimum atomic E-state index is -0.414. The molecule has 0 saturated heterocycles. The van der Waals surface area contributed by atoms with E-state index in [4.69, 9.17) is 4.74 Å². The van der Waals surface area contributed by atoms with Gasteiger partial charge in [-0.1, -0.05) is 27.4 Å². The van der Waals surface area contributed by atoms with Crippen LogP contribution >= 0.6 is 0 Å². The number of allylic oxidation sites excluding steroid dienone is 1. The summed E-state index contributed by atoms with van der Waals surface area (Å²) in [6.07, 6.45) is 10.1. The van der Waals surface area contributed by atoms with E-state index in [2.05, 4.69) is 33.4 Å². The van der Waals surface area contributed by atoms with Crippen molar-refractivity contribution in [3.63, 3.8) is 0 Å². The summed E-state index contributed by atoms with van der Waals surface area (Å²) in [4.78, 5) is 12.2. The number of ether oxygens (including phenoxy) is 1. The molecule has 4 aliphatic carbocycles. The molecule has 0 radical (unpaired) electrons. The second-order valence-electron chi connectivity index (χ2n) is 10.4. The summed E-state index contributed by atoms with van der Waals surface area (Å²) in [6, 6.07) is 2.68. The fraction of sp³-hybridized carbons (Fsp3) is 0.833. The van der Waals surface area contributed by atoms with Crippen LogP contribution in [-0.4, -0.2) is 11.9 Å². The predicted molar refractivity (Wildman–Crippen MR) is 106 cm³/mol. The van der Waals surface area contributed by atoms with Gasteiger partial charge < -0.3 is 4.74 Å². The Labute approximate surface area is 164 Å². The summed E-state index contributed by atoms with van der Waals surface area (Å²) >= 11 is 0. The lowest BCUT2D eigenvalue weighted by atomic mass is 9.40. The maximum absolute atomic E-state index is 12.2. The summed E-state index contributed by atoms with van der Waals surface area (Å²) in [5.41, 5.74) is -0.166. The largest absolute Gasteiger partial charge is 0.495 e. The van der Waals surface area contributed by atoms with Crippen LogP contribution in [0.3, 0.4) is 0 Å². The molecular weight excluding hydrogens is 334 g/mol. The number of fused-ring (bicyclic) bond motifs is 5. The Bertz CT molecular complexity index is 693. The molecule has 4 saturated carbocycles. The molecular formula is C24H35NO2. The average molecular weight is 370 g/mol. The van der Waals surface area contributed by atoms with Gasteiger partial charge in [-0.05, 0) is 68.1 Å². The first-order chi connectivity index (χ1) is 12.8. The highest BCUT2D eigenvalue weighted by Gasteiger charge is 2.65. The zero-order chi connectivity index (χ0) is 19.4. The molecule has 4 fully saturated rings. The van der Waals surface area contributed by atoms with Crippen LogP contribution in [0.15, 0.2) is 12.3 Å². The molecule has 3 unspecified atom stereocenters. The fourth-order valence-corrected chi connectivity index (χ4v) is 7.73. The summed E-state index contributed by atoms with van der Waals surface area (Å²) in [6.45, 7) is 11.0. The van der Waals surface area contributed by atoms with Crippen molar-refractivity contribution in [1.82, 2.24) is 0 Å². The van der Waals surface area contributed by atoms with E-state index in [1.807, 2.05) is 0 Å². The Morgan fingerprint density at radius 1 is 1.19 bits per heavy atom. The number of hydrogen-bond acceptors (Lipinski definition) is 3. The van der Waals surface area contributed by atoms with Crippen molar-refractivity contribution in [2.45, 2.75) is 91.1 Å².